The van der Waals surface area contributed by atoms with Gasteiger partial charge in [0.2, 0.25) is 11.9 Å². The Bertz CT molecular complexity index is 2030. The lowest BCUT2D eigenvalue weighted by atomic mass is 10.2. The first-order valence-corrected chi connectivity index (χ1v) is 19.7. The topological polar surface area (TPSA) is 236 Å². The summed E-state index contributed by atoms with van der Waals surface area (Å²) >= 11 is 11.1. The molecule has 0 spiro atoms. The van der Waals surface area contributed by atoms with E-state index in [0.29, 0.717) is 17.0 Å². The highest BCUT2D eigenvalue weighted by Crippen LogP contribution is 2.53. The van der Waals surface area contributed by atoms with Gasteiger partial charge in [0.1, 0.15) is 30.4 Å². The zero-order valence-corrected chi connectivity index (χ0v) is 28.9. The summed E-state index contributed by atoms with van der Waals surface area (Å²) in [5.41, 5.74) is 0.393. The predicted octanol–water partition coefficient (Wildman–Crippen LogP) is 2.16. The second-order valence-corrected chi connectivity index (χ2v) is 16.7. The molecule has 0 saturated carbocycles. The molecule has 0 aromatic carbocycles. The third-order valence-electron chi connectivity index (χ3n) is 7.18. The van der Waals surface area contributed by atoms with Crippen LogP contribution in [0.4, 0.5) is 5.95 Å². The molecule has 4 aromatic heterocycles. The van der Waals surface area contributed by atoms with Gasteiger partial charge in [0, 0.05) is 18.9 Å². The monoisotopic (exact) mass is 740 g/mol. The first-order valence-electron chi connectivity index (χ1n) is 14.6. The Hall–Kier alpha value is -3.12. The number of nitriles is 1. The minimum absolute atomic E-state index is 0.0155. The summed E-state index contributed by atoms with van der Waals surface area (Å²) in [4.78, 5) is 60.4. The molecule has 5 atom stereocenters. The van der Waals surface area contributed by atoms with Crippen molar-refractivity contribution in [2.24, 2.45) is 5.92 Å². The number of hydrogen-bond donors (Lipinski definition) is 3. The highest BCUT2D eigenvalue weighted by Gasteiger charge is 2.42. The summed E-state index contributed by atoms with van der Waals surface area (Å²) in [6.07, 6.45) is 1.69. The van der Waals surface area contributed by atoms with Gasteiger partial charge in [-0.25, -0.2) is 19.9 Å². The Morgan fingerprint density at radius 3 is 2.90 bits per heavy atom. The van der Waals surface area contributed by atoms with Crippen molar-refractivity contribution < 1.29 is 37.0 Å². The van der Waals surface area contributed by atoms with Crippen molar-refractivity contribution in [3.63, 3.8) is 0 Å². The maximum absolute atomic E-state index is 12.9. The van der Waals surface area contributed by atoms with Gasteiger partial charge in [0.25, 0.3) is 5.56 Å². The van der Waals surface area contributed by atoms with E-state index >= 15 is 0 Å². The number of nitrogens with zero attached hydrogens (tertiary/aromatic N) is 8. The molecular formula is C25H30N10O9P2S2. The van der Waals surface area contributed by atoms with Crippen LogP contribution < -0.4 is 10.9 Å². The molecule has 23 heteroatoms. The number of fused-ring (bicyclic) bond motifs is 6. The van der Waals surface area contributed by atoms with Crippen LogP contribution in [0.5, 0.6) is 0 Å². The summed E-state index contributed by atoms with van der Waals surface area (Å²) in [6, 6.07) is 2.00. The van der Waals surface area contributed by atoms with Gasteiger partial charge in [-0.1, -0.05) is 13.8 Å². The Labute approximate surface area is 282 Å². The van der Waals surface area contributed by atoms with Crippen molar-refractivity contribution in [1.29, 1.82) is 5.26 Å². The zero-order valence-electron chi connectivity index (χ0n) is 25.5. The molecule has 256 valence electrons. The van der Waals surface area contributed by atoms with Crippen molar-refractivity contribution >= 4 is 71.2 Å². The van der Waals surface area contributed by atoms with Crippen LogP contribution in [0.2, 0.25) is 0 Å². The van der Waals surface area contributed by atoms with Crippen molar-refractivity contribution in [3.05, 3.63) is 35.0 Å². The number of ether oxygens (including phenoxy) is 1. The maximum atomic E-state index is 12.9. The lowest BCUT2D eigenvalue weighted by molar-refractivity contribution is -0.118. The van der Waals surface area contributed by atoms with Gasteiger partial charge >= 0.3 is 13.4 Å². The molecular weight excluding hydrogens is 710 g/mol. The number of aromatic amines is 1. The molecule has 2 unspecified atom stereocenters. The average molecular weight is 741 g/mol. The molecule has 2 aliphatic rings. The van der Waals surface area contributed by atoms with Gasteiger partial charge in [-0.05, 0) is 23.6 Å². The van der Waals surface area contributed by atoms with Crippen LogP contribution in [0.25, 0.3) is 22.3 Å². The highest BCUT2D eigenvalue weighted by atomic mass is 32.5. The summed E-state index contributed by atoms with van der Waals surface area (Å²) in [7, 11) is 0. The Kier molecular flexibility index (Phi) is 10.4. The number of imidazole rings is 2. The molecule has 1 fully saturated rings. The minimum atomic E-state index is -3.97. The van der Waals surface area contributed by atoms with Crippen molar-refractivity contribution in [1.82, 2.24) is 39.0 Å². The molecule has 3 N–H and O–H groups in total. The lowest BCUT2D eigenvalue weighted by Crippen LogP contribution is -2.24. The van der Waals surface area contributed by atoms with Crippen molar-refractivity contribution in [3.8, 4) is 6.07 Å². The molecule has 4 aromatic rings. The van der Waals surface area contributed by atoms with Crippen molar-refractivity contribution in [2.45, 2.75) is 58.3 Å². The summed E-state index contributed by atoms with van der Waals surface area (Å²) in [5, 5.41) is 11.6. The SMILES string of the molecule is CC(C)C(=O)Nc1nc2c(ncn2[C@@H]2O[C@@H]3COP(=S)(OCCC#N)OCCn4c(nc5cncnc54)COP(O)(=S)O[C@@H]2C3)c(=O)[nH]1. The number of carbonyl (C=O) groups is 1. The molecule has 0 radical (unpaired) electrons. The first kappa shape index (κ1) is 34.7. The van der Waals surface area contributed by atoms with Gasteiger partial charge in [-0.15, -0.1) is 0 Å². The first-order chi connectivity index (χ1) is 22.9. The van der Waals surface area contributed by atoms with E-state index in [1.165, 1.54) is 23.4 Å². The fourth-order valence-corrected chi connectivity index (χ4v) is 8.12. The lowest BCUT2D eigenvalue weighted by Gasteiger charge is -2.25. The second-order valence-electron chi connectivity index (χ2n) is 10.9. The van der Waals surface area contributed by atoms with Crippen LogP contribution in [-0.4, -0.2) is 81.9 Å². The molecule has 6 heterocycles. The van der Waals surface area contributed by atoms with Crippen LogP contribution in [0, 0.1) is 17.2 Å². The van der Waals surface area contributed by atoms with E-state index < -0.39 is 37.4 Å². The molecule has 6 rings (SSSR count). The van der Waals surface area contributed by atoms with E-state index in [-0.39, 0.29) is 74.8 Å². The third kappa shape index (κ3) is 7.69. The fraction of sp³-hybridized carbons (Fsp3) is 0.520. The van der Waals surface area contributed by atoms with Crippen LogP contribution in [0.1, 0.15) is 38.7 Å². The molecule has 0 aliphatic carbocycles. The van der Waals surface area contributed by atoms with Crippen LogP contribution >= 0.6 is 13.4 Å². The largest absolute Gasteiger partial charge is 0.349 e. The van der Waals surface area contributed by atoms with Gasteiger partial charge < -0.3 is 36.8 Å². The Morgan fingerprint density at radius 1 is 1.27 bits per heavy atom. The molecule has 1 amide bonds. The normalized spacial score (nSPS) is 26.9. The fourth-order valence-electron chi connectivity index (χ4n) is 4.94. The Balaban J connectivity index is 1.35. The number of nitrogens with one attached hydrogen (secondary N) is 2. The maximum Gasteiger partial charge on any atom is 0.327 e. The minimum Gasteiger partial charge on any atom is -0.349 e. The number of amides is 1. The van der Waals surface area contributed by atoms with Crippen molar-refractivity contribution in [2.75, 3.05) is 25.1 Å². The zero-order chi connectivity index (χ0) is 34.1. The van der Waals surface area contributed by atoms with Crippen LogP contribution in [-0.2, 0) is 68.9 Å². The number of hydrogen-bond acceptors (Lipinski definition) is 16. The van der Waals surface area contributed by atoms with Gasteiger partial charge in [0.05, 0.1) is 50.9 Å². The quantitative estimate of drug-likeness (QED) is 0.190. The number of H-pyrrole nitrogens is 1. The predicted molar refractivity (Wildman–Crippen MR) is 174 cm³/mol. The number of rotatable bonds is 6. The highest BCUT2D eigenvalue weighted by molar-refractivity contribution is 8.07. The van der Waals surface area contributed by atoms with Crippen LogP contribution in [0.15, 0.2) is 23.6 Å². The standard InChI is InChI=1S/C25H30N10O9P2S2/c1-14(2)22(36)32-25-31-21-19(23(37)33-25)29-13-35(21)24-17-8-15(43-24)10-42-46(48,39-6-3-4-26)40-7-5-34-18(11-41-45(38,47)44-17)30-16-9-27-12-28-20(16)34/h9,12-15,17,24H,3,5-8,10-11H2,1-2H3,(H,38,47)(H2,31,32,33,36,37)/t15-,17+,24+,45?,46?/m0/s1. The average Bonchev–Trinajstić information content (AvgIpc) is 3.74. The van der Waals surface area contributed by atoms with E-state index in [4.69, 9.17) is 56.2 Å². The Morgan fingerprint density at radius 2 is 2.10 bits per heavy atom. The molecule has 2 bridgehead atoms. The van der Waals surface area contributed by atoms with E-state index in [1.54, 1.807) is 18.4 Å². The molecule has 19 nitrogen and oxygen atoms in total. The summed E-state index contributed by atoms with van der Waals surface area (Å²) < 4.78 is 39.0. The number of anilines is 1. The van der Waals surface area contributed by atoms with Gasteiger partial charge in [-0.3, -0.25) is 24.5 Å². The summed E-state index contributed by atoms with van der Waals surface area (Å²) in [5.74, 6) is -0.472. The summed E-state index contributed by atoms with van der Waals surface area (Å²) in [6.45, 7) is -4.16. The van der Waals surface area contributed by atoms with Gasteiger partial charge in [-0.2, -0.15) is 10.2 Å². The smallest absolute Gasteiger partial charge is 0.327 e. The molecule has 48 heavy (non-hydrogen) atoms. The number of aromatic nitrogens is 8. The van der Waals surface area contributed by atoms with E-state index in [0.717, 1.165) is 0 Å². The van der Waals surface area contributed by atoms with E-state index in [9.17, 15) is 14.5 Å². The van der Waals surface area contributed by atoms with E-state index in [2.05, 4.69) is 35.2 Å². The molecule has 1 saturated heterocycles. The van der Waals surface area contributed by atoms with E-state index in [1.807, 2.05) is 6.07 Å². The number of carbonyl (C=O) groups excluding carboxylic acids is 1. The molecule has 2 aliphatic heterocycles. The van der Waals surface area contributed by atoms with Gasteiger partial charge in [0.15, 0.2) is 23.0 Å². The van der Waals surface area contributed by atoms with Crippen LogP contribution in [0.3, 0.4) is 0 Å². The third-order valence-corrected chi connectivity index (χ3v) is 11.2. The second kappa shape index (κ2) is 14.4.